The van der Waals surface area contributed by atoms with Gasteiger partial charge in [-0.2, -0.15) is 0 Å². The van der Waals surface area contributed by atoms with Crippen molar-refractivity contribution in [2.75, 3.05) is 7.05 Å². The first kappa shape index (κ1) is 17.7. The lowest BCUT2D eigenvalue weighted by Gasteiger charge is -2.19. The molecule has 6 nitrogen and oxygen atoms in total. The van der Waals surface area contributed by atoms with Gasteiger partial charge in [-0.1, -0.05) is 26.0 Å². The van der Waals surface area contributed by atoms with E-state index in [0.717, 1.165) is 5.56 Å². The summed E-state index contributed by atoms with van der Waals surface area (Å²) in [6.45, 7) is 5.55. The summed E-state index contributed by atoms with van der Waals surface area (Å²) in [4.78, 5) is 36.0. The van der Waals surface area contributed by atoms with Crippen molar-refractivity contribution in [1.29, 1.82) is 0 Å². The van der Waals surface area contributed by atoms with Crippen molar-refractivity contribution in [3.63, 3.8) is 0 Å². The van der Waals surface area contributed by atoms with Crippen molar-refractivity contribution in [2.45, 2.75) is 33.4 Å². The van der Waals surface area contributed by atoms with Gasteiger partial charge in [-0.25, -0.2) is 0 Å². The maximum atomic E-state index is 11.9. The minimum absolute atomic E-state index is 0.0529. The lowest BCUT2D eigenvalue weighted by Crippen LogP contribution is -2.38. The number of carbonyl (C=O) groups is 3. The molecule has 2 N–H and O–H groups in total. The second-order valence-corrected chi connectivity index (χ2v) is 5.58. The van der Waals surface area contributed by atoms with Crippen molar-refractivity contribution in [3.05, 3.63) is 35.4 Å². The van der Waals surface area contributed by atoms with Gasteiger partial charge in [0.15, 0.2) is 0 Å². The molecule has 0 bridgehead atoms. The quantitative estimate of drug-likeness (QED) is 0.834. The molecule has 1 rings (SSSR count). The zero-order valence-corrected chi connectivity index (χ0v) is 13.3. The second-order valence-electron chi connectivity index (χ2n) is 5.58. The summed E-state index contributed by atoms with van der Waals surface area (Å²) in [5.74, 6) is -1.53. The molecule has 0 saturated heterocycles. The normalized spacial score (nSPS) is 11.9. The average Bonchev–Trinajstić information content (AvgIpc) is 2.46. The molecule has 0 unspecified atom stereocenters. The highest BCUT2D eigenvalue weighted by molar-refractivity contribution is 5.96. The fraction of sp³-hybridized carbons (Fsp3) is 0.438. The van der Waals surface area contributed by atoms with Gasteiger partial charge in [0.1, 0.15) is 6.04 Å². The van der Waals surface area contributed by atoms with E-state index in [2.05, 4.69) is 5.32 Å². The fourth-order valence-electron chi connectivity index (χ4n) is 1.90. The van der Waals surface area contributed by atoms with Gasteiger partial charge in [0.05, 0.1) is 0 Å². The van der Waals surface area contributed by atoms with Crippen LogP contribution >= 0.6 is 0 Å². The minimum Gasteiger partial charge on any atom is -0.480 e. The van der Waals surface area contributed by atoms with Gasteiger partial charge >= 0.3 is 5.97 Å². The topological polar surface area (TPSA) is 86.7 Å². The fourth-order valence-corrected chi connectivity index (χ4v) is 1.90. The van der Waals surface area contributed by atoms with Crippen LogP contribution in [0.3, 0.4) is 0 Å². The Labute approximate surface area is 130 Å². The van der Waals surface area contributed by atoms with E-state index < -0.39 is 17.9 Å². The first-order chi connectivity index (χ1) is 10.2. The van der Waals surface area contributed by atoms with Crippen molar-refractivity contribution in [2.24, 2.45) is 5.92 Å². The van der Waals surface area contributed by atoms with E-state index in [0.29, 0.717) is 12.1 Å². The third kappa shape index (κ3) is 4.87. The van der Waals surface area contributed by atoms with Crippen molar-refractivity contribution >= 4 is 17.8 Å². The summed E-state index contributed by atoms with van der Waals surface area (Å²) in [6.07, 6.45) is 0. The molecule has 120 valence electrons. The highest BCUT2D eigenvalue weighted by Crippen LogP contribution is 2.09. The van der Waals surface area contributed by atoms with Crippen LogP contribution in [0.15, 0.2) is 24.3 Å². The van der Waals surface area contributed by atoms with Crippen molar-refractivity contribution in [3.8, 4) is 0 Å². The van der Waals surface area contributed by atoms with Crippen LogP contribution in [0.1, 0.15) is 36.7 Å². The van der Waals surface area contributed by atoms with Crippen LogP contribution in [0.25, 0.3) is 0 Å². The third-order valence-electron chi connectivity index (χ3n) is 3.22. The summed E-state index contributed by atoms with van der Waals surface area (Å²) in [5, 5.41) is 11.2. The lowest BCUT2D eigenvalue weighted by atomic mass is 10.1. The number of carboxylic acid groups (broad SMARTS) is 1. The van der Waals surface area contributed by atoms with E-state index in [1.807, 2.05) is 13.8 Å². The van der Waals surface area contributed by atoms with Gasteiger partial charge in [-0.15, -0.1) is 0 Å². The average molecular weight is 306 g/mol. The van der Waals surface area contributed by atoms with Crippen LogP contribution in [-0.2, 0) is 16.1 Å². The Kier molecular flexibility index (Phi) is 6.10. The lowest BCUT2D eigenvalue weighted by molar-refractivity contribution is -0.138. The third-order valence-corrected chi connectivity index (χ3v) is 3.22. The van der Waals surface area contributed by atoms with E-state index in [-0.39, 0.29) is 11.8 Å². The number of carbonyl (C=O) groups excluding carboxylic acids is 2. The molecule has 1 aromatic rings. The van der Waals surface area contributed by atoms with Gasteiger partial charge < -0.3 is 15.3 Å². The standard InChI is InChI=1S/C16H22N2O4/c1-10(2)15(20)18(4)9-12-5-7-13(8-6-12)14(19)17-11(3)16(21)22/h5-8,10-11H,9H2,1-4H3,(H,17,19)(H,21,22)/t11-/m1/s1. The summed E-state index contributed by atoms with van der Waals surface area (Å²) in [7, 11) is 1.73. The number of benzene rings is 1. The Balaban J connectivity index is 2.69. The number of nitrogens with zero attached hydrogens (tertiary/aromatic N) is 1. The highest BCUT2D eigenvalue weighted by Gasteiger charge is 2.16. The maximum absolute atomic E-state index is 11.9. The zero-order chi connectivity index (χ0) is 16.9. The van der Waals surface area contributed by atoms with Crippen molar-refractivity contribution < 1.29 is 19.5 Å². The van der Waals surface area contributed by atoms with Crippen LogP contribution in [0.4, 0.5) is 0 Å². The highest BCUT2D eigenvalue weighted by atomic mass is 16.4. The molecule has 2 amide bonds. The molecule has 0 aliphatic carbocycles. The Hall–Kier alpha value is -2.37. The summed E-state index contributed by atoms with van der Waals surface area (Å²) in [6, 6.07) is 5.80. The zero-order valence-electron chi connectivity index (χ0n) is 13.3. The smallest absolute Gasteiger partial charge is 0.325 e. The van der Waals surface area contributed by atoms with Crippen LogP contribution in [0, 0.1) is 5.92 Å². The molecule has 0 radical (unpaired) electrons. The van der Waals surface area contributed by atoms with Crippen molar-refractivity contribution in [1.82, 2.24) is 10.2 Å². The van der Waals surface area contributed by atoms with Gasteiger partial charge in [0.2, 0.25) is 5.91 Å². The van der Waals surface area contributed by atoms with Crippen LogP contribution in [0.5, 0.6) is 0 Å². The van der Waals surface area contributed by atoms with E-state index in [1.165, 1.54) is 6.92 Å². The predicted molar refractivity (Wildman–Crippen MR) is 82.3 cm³/mol. The van der Waals surface area contributed by atoms with E-state index >= 15 is 0 Å². The van der Waals surface area contributed by atoms with Gasteiger partial charge in [-0.3, -0.25) is 14.4 Å². The monoisotopic (exact) mass is 306 g/mol. The predicted octanol–water partition coefficient (Wildman–Crippen LogP) is 1.50. The maximum Gasteiger partial charge on any atom is 0.325 e. The molecule has 22 heavy (non-hydrogen) atoms. The van der Waals surface area contributed by atoms with E-state index in [4.69, 9.17) is 5.11 Å². The minimum atomic E-state index is -1.08. The van der Waals surface area contributed by atoms with Crippen LogP contribution in [0.2, 0.25) is 0 Å². The number of rotatable bonds is 6. The molecule has 0 aromatic heterocycles. The first-order valence-corrected chi connectivity index (χ1v) is 7.10. The molecule has 0 saturated carbocycles. The molecule has 6 heteroatoms. The van der Waals surface area contributed by atoms with Crippen LogP contribution < -0.4 is 5.32 Å². The number of aliphatic carboxylic acids is 1. The molecule has 0 spiro atoms. The summed E-state index contributed by atoms with van der Waals surface area (Å²) < 4.78 is 0. The molecule has 0 aliphatic rings. The Morgan fingerprint density at radius 3 is 2.14 bits per heavy atom. The molecule has 0 aliphatic heterocycles. The molecule has 0 fully saturated rings. The summed E-state index contributed by atoms with van der Waals surface area (Å²) >= 11 is 0. The van der Waals surface area contributed by atoms with E-state index in [1.54, 1.807) is 36.2 Å². The molecular weight excluding hydrogens is 284 g/mol. The Morgan fingerprint density at radius 2 is 1.68 bits per heavy atom. The Bertz CT molecular complexity index is 552. The molecule has 1 atom stereocenters. The Morgan fingerprint density at radius 1 is 1.14 bits per heavy atom. The van der Waals surface area contributed by atoms with E-state index in [9.17, 15) is 14.4 Å². The number of amides is 2. The molecule has 1 aromatic carbocycles. The number of hydrogen-bond acceptors (Lipinski definition) is 3. The van der Waals surface area contributed by atoms with Gasteiger partial charge in [0, 0.05) is 25.1 Å². The van der Waals surface area contributed by atoms with Crippen LogP contribution in [-0.4, -0.2) is 40.9 Å². The summed E-state index contributed by atoms with van der Waals surface area (Å²) in [5.41, 5.74) is 1.29. The SMILES string of the molecule is CC(C)C(=O)N(C)Cc1ccc(C(=O)N[C@H](C)C(=O)O)cc1. The molecule has 0 heterocycles. The van der Waals surface area contributed by atoms with Gasteiger partial charge in [-0.05, 0) is 24.6 Å². The number of nitrogens with one attached hydrogen (secondary N) is 1. The first-order valence-electron chi connectivity index (χ1n) is 7.10. The largest absolute Gasteiger partial charge is 0.480 e. The molecular formula is C16H22N2O4. The number of carboxylic acids is 1. The van der Waals surface area contributed by atoms with Gasteiger partial charge in [0.25, 0.3) is 5.91 Å². The number of hydrogen-bond donors (Lipinski definition) is 2. The second kappa shape index (κ2) is 7.59.